The van der Waals surface area contributed by atoms with E-state index >= 15 is 0 Å². The molecule has 154 valence electrons. The van der Waals surface area contributed by atoms with Gasteiger partial charge in [0.25, 0.3) is 0 Å². The number of carboxylic acid groups (broad SMARTS) is 1. The van der Waals surface area contributed by atoms with E-state index in [4.69, 9.17) is 11.5 Å². The number of nitrogens with zero attached hydrogens (tertiary/aromatic N) is 4. The number of anilines is 1. The lowest BCUT2D eigenvalue weighted by Crippen LogP contribution is -2.10. The number of pyridine rings is 1. The van der Waals surface area contributed by atoms with Crippen molar-refractivity contribution in [2.75, 3.05) is 5.73 Å². The van der Waals surface area contributed by atoms with Crippen LogP contribution in [-0.4, -0.2) is 25.8 Å². The first-order chi connectivity index (χ1) is 14.3. The predicted octanol–water partition coefficient (Wildman–Crippen LogP) is 2.58. The number of aromatic nitrogens is 3. The molecule has 0 spiro atoms. The van der Waals surface area contributed by atoms with Gasteiger partial charge in [-0.1, -0.05) is 6.92 Å². The van der Waals surface area contributed by atoms with E-state index < -0.39 is 11.8 Å². The van der Waals surface area contributed by atoms with Gasteiger partial charge in [0.1, 0.15) is 23.4 Å². The van der Waals surface area contributed by atoms with E-state index in [1.165, 1.54) is 16.8 Å². The van der Waals surface area contributed by atoms with Gasteiger partial charge in [-0.2, -0.15) is 10.4 Å². The number of carboxylic acids is 1. The molecule has 3 rings (SSSR count). The molecule has 8 nitrogen and oxygen atoms in total. The number of halogens is 1. The Hall–Kier alpha value is -3.77. The van der Waals surface area contributed by atoms with Gasteiger partial charge >= 0.3 is 5.97 Å². The zero-order valence-corrected chi connectivity index (χ0v) is 16.6. The number of nitrogen functional groups attached to an aromatic ring is 1. The van der Waals surface area contributed by atoms with Crippen LogP contribution < -0.4 is 11.5 Å². The van der Waals surface area contributed by atoms with E-state index in [-0.39, 0.29) is 23.8 Å². The fraction of sp³-hybridized carbons (Fsp3) is 0.238. The van der Waals surface area contributed by atoms with E-state index in [0.717, 1.165) is 6.07 Å². The molecular formula is C21H21FN6O2. The summed E-state index contributed by atoms with van der Waals surface area (Å²) in [4.78, 5) is 15.8. The van der Waals surface area contributed by atoms with E-state index in [1.54, 1.807) is 26.2 Å². The number of aromatic carboxylic acids is 1. The molecule has 1 aromatic carbocycles. The Morgan fingerprint density at radius 2 is 2.13 bits per heavy atom. The van der Waals surface area contributed by atoms with Gasteiger partial charge in [0.15, 0.2) is 0 Å². The highest BCUT2D eigenvalue weighted by molar-refractivity contribution is 5.89. The normalized spacial score (nSPS) is 11.8. The number of nitriles is 1. The number of aryl methyl sites for hydroxylation is 1. The summed E-state index contributed by atoms with van der Waals surface area (Å²) < 4.78 is 15.2. The number of benzene rings is 1. The average molecular weight is 408 g/mol. The van der Waals surface area contributed by atoms with E-state index in [2.05, 4.69) is 16.2 Å². The predicted molar refractivity (Wildman–Crippen MR) is 109 cm³/mol. The maximum Gasteiger partial charge on any atom is 0.335 e. The molecule has 30 heavy (non-hydrogen) atoms. The quantitative estimate of drug-likeness (QED) is 0.568. The monoisotopic (exact) mass is 408 g/mol. The minimum Gasteiger partial charge on any atom is -0.478 e. The Labute approximate surface area is 172 Å². The lowest BCUT2D eigenvalue weighted by atomic mass is 9.89. The molecule has 2 aromatic heterocycles. The number of carbonyl (C=O) groups is 1. The van der Waals surface area contributed by atoms with Gasteiger partial charge in [-0.05, 0) is 47.7 Å². The van der Waals surface area contributed by atoms with Crippen LogP contribution in [0, 0.1) is 17.1 Å². The van der Waals surface area contributed by atoms with Crippen LogP contribution in [0.1, 0.15) is 45.7 Å². The molecule has 0 aliphatic heterocycles. The highest BCUT2D eigenvalue weighted by Gasteiger charge is 2.21. The minimum absolute atomic E-state index is 0.0380. The van der Waals surface area contributed by atoms with Crippen molar-refractivity contribution in [3.05, 3.63) is 64.4 Å². The number of hydrogen-bond donors (Lipinski definition) is 3. The summed E-state index contributed by atoms with van der Waals surface area (Å²) in [7, 11) is 1.66. The van der Waals surface area contributed by atoms with E-state index in [9.17, 15) is 19.6 Å². The summed E-state index contributed by atoms with van der Waals surface area (Å²) in [5.74, 6) is -1.71. The molecule has 1 atom stereocenters. The van der Waals surface area contributed by atoms with E-state index in [0.29, 0.717) is 40.1 Å². The molecule has 0 saturated heterocycles. The molecule has 1 unspecified atom stereocenters. The number of hydrogen-bond acceptors (Lipinski definition) is 6. The molecule has 0 bridgehead atoms. The van der Waals surface area contributed by atoms with Crippen LogP contribution in [0.2, 0.25) is 0 Å². The van der Waals surface area contributed by atoms with Crippen LogP contribution in [0.5, 0.6) is 0 Å². The van der Waals surface area contributed by atoms with Gasteiger partial charge in [-0.15, -0.1) is 0 Å². The summed E-state index contributed by atoms with van der Waals surface area (Å²) in [5, 5.41) is 23.2. The van der Waals surface area contributed by atoms with Gasteiger partial charge < -0.3 is 16.6 Å². The molecule has 0 fully saturated rings. The van der Waals surface area contributed by atoms with Crippen molar-refractivity contribution >= 4 is 11.8 Å². The van der Waals surface area contributed by atoms with Crippen molar-refractivity contribution in [3.8, 4) is 17.2 Å². The molecule has 5 N–H and O–H groups in total. The smallest absolute Gasteiger partial charge is 0.335 e. The molecule has 0 aliphatic carbocycles. The maximum absolute atomic E-state index is 13.8. The zero-order valence-electron chi connectivity index (χ0n) is 16.6. The molecule has 0 amide bonds. The lowest BCUT2D eigenvalue weighted by Gasteiger charge is -2.16. The largest absolute Gasteiger partial charge is 0.478 e. The van der Waals surface area contributed by atoms with Gasteiger partial charge in [0.2, 0.25) is 0 Å². The van der Waals surface area contributed by atoms with Crippen molar-refractivity contribution in [1.29, 1.82) is 5.26 Å². The second-order valence-corrected chi connectivity index (χ2v) is 7.02. The second-order valence-electron chi connectivity index (χ2n) is 7.02. The van der Waals surface area contributed by atoms with Gasteiger partial charge in [-0.25, -0.2) is 14.2 Å². The summed E-state index contributed by atoms with van der Waals surface area (Å²) in [6.07, 6.45) is 1.88. The fourth-order valence-corrected chi connectivity index (χ4v) is 3.55. The SMILES string of the molecule is CC(Cc1cc(-c2c(CN)nn(C)c2C#N)cnc1N)c1cc(F)ccc1C(=O)O. The standard InChI is InChI=1S/C21H21FN6O2/c1-11(16-7-14(22)3-4-15(16)21(29)30)5-12-6-13(10-26-20(12)25)19-17(8-23)27-28(2)18(19)9-24/h3-4,6-7,10-11H,5,8,23H2,1-2H3,(H2,25,26)(H,29,30). The van der Waals surface area contributed by atoms with Gasteiger partial charge in [-0.3, -0.25) is 4.68 Å². The topological polar surface area (TPSA) is 144 Å². The van der Waals surface area contributed by atoms with Crippen LogP contribution >= 0.6 is 0 Å². The van der Waals surface area contributed by atoms with Crippen molar-refractivity contribution in [2.45, 2.75) is 25.8 Å². The third-order valence-electron chi connectivity index (χ3n) is 5.01. The molecular weight excluding hydrogens is 387 g/mol. The first kappa shape index (κ1) is 21.0. The fourth-order valence-electron chi connectivity index (χ4n) is 3.55. The third kappa shape index (κ3) is 3.86. The van der Waals surface area contributed by atoms with Crippen LogP contribution in [0.15, 0.2) is 30.5 Å². The van der Waals surface area contributed by atoms with Crippen LogP contribution in [-0.2, 0) is 20.0 Å². The van der Waals surface area contributed by atoms with E-state index in [1.807, 2.05) is 0 Å². The first-order valence-corrected chi connectivity index (χ1v) is 9.20. The molecule has 0 saturated carbocycles. The Morgan fingerprint density at radius 1 is 1.40 bits per heavy atom. The molecule has 3 aromatic rings. The minimum atomic E-state index is -1.13. The van der Waals surface area contributed by atoms with Crippen molar-refractivity contribution in [3.63, 3.8) is 0 Å². The first-order valence-electron chi connectivity index (χ1n) is 9.20. The Bertz CT molecular complexity index is 1170. The van der Waals surface area contributed by atoms with Crippen molar-refractivity contribution < 1.29 is 14.3 Å². The van der Waals surface area contributed by atoms with Gasteiger partial charge in [0, 0.05) is 30.9 Å². The highest BCUT2D eigenvalue weighted by Crippen LogP contribution is 2.31. The number of nitrogens with two attached hydrogens (primary N) is 2. The lowest BCUT2D eigenvalue weighted by molar-refractivity contribution is 0.0695. The molecule has 0 aliphatic rings. The third-order valence-corrected chi connectivity index (χ3v) is 5.01. The van der Waals surface area contributed by atoms with Gasteiger partial charge in [0.05, 0.1) is 11.3 Å². The molecule has 2 heterocycles. The maximum atomic E-state index is 13.8. The highest BCUT2D eigenvalue weighted by atomic mass is 19.1. The Balaban J connectivity index is 2.04. The summed E-state index contributed by atoms with van der Waals surface area (Å²) in [6.45, 7) is 1.94. The molecule has 9 heteroatoms. The van der Waals surface area contributed by atoms with Crippen LogP contribution in [0.25, 0.3) is 11.1 Å². The summed E-state index contributed by atoms with van der Waals surface area (Å²) >= 11 is 0. The summed E-state index contributed by atoms with van der Waals surface area (Å²) in [5.41, 5.74) is 15.0. The number of rotatable bonds is 6. The average Bonchev–Trinajstić information content (AvgIpc) is 3.04. The van der Waals surface area contributed by atoms with Crippen LogP contribution in [0.3, 0.4) is 0 Å². The van der Waals surface area contributed by atoms with Crippen molar-refractivity contribution in [2.24, 2.45) is 12.8 Å². The zero-order chi connectivity index (χ0) is 22.0. The molecule has 0 radical (unpaired) electrons. The Morgan fingerprint density at radius 3 is 2.77 bits per heavy atom. The van der Waals surface area contributed by atoms with Crippen LogP contribution in [0.4, 0.5) is 10.2 Å². The Kier molecular flexibility index (Phi) is 5.80. The van der Waals surface area contributed by atoms with Crippen molar-refractivity contribution in [1.82, 2.24) is 14.8 Å². The second kappa shape index (κ2) is 8.31. The summed E-state index contributed by atoms with van der Waals surface area (Å²) in [6, 6.07) is 7.51.